The zero-order valence-electron chi connectivity index (χ0n) is 17.4. The molecule has 7 nitrogen and oxygen atoms in total. The summed E-state index contributed by atoms with van der Waals surface area (Å²) in [6.45, 7) is 6.77. The summed E-state index contributed by atoms with van der Waals surface area (Å²) in [7, 11) is 0. The van der Waals surface area contributed by atoms with Crippen LogP contribution < -0.4 is 10.2 Å². The number of nitrogens with one attached hydrogen (secondary N) is 1. The second-order valence-electron chi connectivity index (χ2n) is 7.98. The lowest BCUT2D eigenvalue weighted by Gasteiger charge is -2.41. The van der Waals surface area contributed by atoms with E-state index in [9.17, 15) is 8.78 Å². The normalized spacial score (nSPS) is 17.8. The van der Waals surface area contributed by atoms with Crippen molar-refractivity contribution in [2.75, 3.05) is 24.7 Å². The van der Waals surface area contributed by atoms with Crippen molar-refractivity contribution in [1.29, 1.82) is 0 Å². The Labute approximate surface area is 183 Å². The molecular weight excluding hydrogens is 420 g/mol. The molecule has 0 radical (unpaired) electrons. The van der Waals surface area contributed by atoms with Crippen LogP contribution in [0, 0.1) is 11.6 Å². The molecule has 2 aliphatic heterocycles. The van der Waals surface area contributed by atoms with Crippen molar-refractivity contribution >= 4 is 17.0 Å². The first-order valence-electron chi connectivity index (χ1n) is 10.7. The highest BCUT2D eigenvalue weighted by Crippen LogP contribution is 2.42. The average Bonchev–Trinajstić information content (AvgIpc) is 3.43. The van der Waals surface area contributed by atoms with Gasteiger partial charge in [0.25, 0.3) is 0 Å². The van der Waals surface area contributed by atoms with E-state index in [0.29, 0.717) is 30.5 Å². The quantitative estimate of drug-likeness (QED) is 0.651. The minimum atomic E-state index is -0.822. The number of hydrogen-bond acceptors (Lipinski definition) is 7. The first-order chi connectivity index (χ1) is 15.1. The maximum absolute atomic E-state index is 14.5. The van der Waals surface area contributed by atoms with Gasteiger partial charge < -0.3 is 10.2 Å². The third-order valence-corrected chi connectivity index (χ3v) is 7.12. The van der Waals surface area contributed by atoms with Crippen LogP contribution in [0.15, 0.2) is 24.3 Å². The van der Waals surface area contributed by atoms with Crippen molar-refractivity contribution in [3.05, 3.63) is 46.6 Å². The predicted molar refractivity (Wildman–Crippen MR) is 116 cm³/mol. The van der Waals surface area contributed by atoms with Gasteiger partial charge in [0.05, 0.1) is 25.4 Å². The standard InChI is InChI=1S/C21H25F2N7S/c1-2-30-26-20(25-27-30)12-29-13-28(14-6-8-24-9-7-14)11-19-17(29)10-18(31-19)15-4-3-5-16(22)21(15)23/h3-5,10,14,24H,2,6-9,11-13H2,1H3. The summed E-state index contributed by atoms with van der Waals surface area (Å²) in [4.78, 5) is 8.19. The van der Waals surface area contributed by atoms with E-state index in [1.54, 1.807) is 16.9 Å². The Hall–Kier alpha value is -2.43. The number of rotatable bonds is 5. The molecule has 4 heterocycles. The number of hydrogen-bond donors (Lipinski definition) is 1. The molecule has 5 rings (SSSR count). The summed E-state index contributed by atoms with van der Waals surface area (Å²) in [5.41, 5.74) is 1.35. The van der Waals surface area contributed by atoms with Crippen LogP contribution in [0.4, 0.5) is 14.5 Å². The number of tetrazole rings is 1. The van der Waals surface area contributed by atoms with Crippen molar-refractivity contribution in [2.45, 2.75) is 45.4 Å². The van der Waals surface area contributed by atoms with E-state index in [-0.39, 0.29) is 0 Å². The van der Waals surface area contributed by atoms with Crippen LogP contribution in [0.2, 0.25) is 0 Å². The predicted octanol–water partition coefficient (Wildman–Crippen LogP) is 3.23. The Morgan fingerprint density at radius 1 is 1.23 bits per heavy atom. The lowest BCUT2D eigenvalue weighted by atomic mass is 10.0. The van der Waals surface area contributed by atoms with Crippen LogP contribution in [0.5, 0.6) is 0 Å². The maximum Gasteiger partial charge on any atom is 0.194 e. The van der Waals surface area contributed by atoms with Crippen molar-refractivity contribution in [2.24, 2.45) is 0 Å². The van der Waals surface area contributed by atoms with Gasteiger partial charge in [0, 0.05) is 27.9 Å². The Bertz CT molecular complexity index is 1060. The Balaban J connectivity index is 1.49. The minimum absolute atomic E-state index is 0.308. The van der Waals surface area contributed by atoms with Crippen LogP contribution in [0.3, 0.4) is 0 Å². The fourth-order valence-electron chi connectivity index (χ4n) is 4.35. The Kier molecular flexibility index (Phi) is 5.68. The van der Waals surface area contributed by atoms with Crippen LogP contribution in [-0.4, -0.2) is 50.9 Å². The zero-order valence-corrected chi connectivity index (χ0v) is 18.2. The van der Waals surface area contributed by atoms with Gasteiger partial charge in [-0.25, -0.2) is 8.78 Å². The summed E-state index contributed by atoms with van der Waals surface area (Å²) in [5, 5.41) is 16.1. The van der Waals surface area contributed by atoms with Crippen LogP contribution in [0.1, 0.15) is 30.5 Å². The molecule has 1 fully saturated rings. The number of benzene rings is 1. The molecule has 0 bridgehead atoms. The van der Waals surface area contributed by atoms with Crippen LogP contribution in [-0.2, 0) is 19.6 Å². The maximum atomic E-state index is 14.5. The minimum Gasteiger partial charge on any atom is -0.350 e. The number of aryl methyl sites for hydroxylation is 1. The molecule has 0 unspecified atom stereocenters. The molecule has 2 aliphatic rings. The smallest absolute Gasteiger partial charge is 0.194 e. The summed E-state index contributed by atoms with van der Waals surface area (Å²) in [6.07, 6.45) is 2.20. The van der Waals surface area contributed by atoms with Gasteiger partial charge in [-0.3, -0.25) is 4.90 Å². The molecule has 0 saturated carbocycles. The molecule has 0 aliphatic carbocycles. The van der Waals surface area contributed by atoms with E-state index in [1.807, 2.05) is 13.0 Å². The van der Waals surface area contributed by atoms with Crippen LogP contribution >= 0.6 is 11.3 Å². The Morgan fingerprint density at radius 2 is 2.06 bits per heavy atom. The van der Waals surface area contributed by atoms with E-state index >= 15 is 0 Å². The number of thiophene rings is 1. The SMILES string of the molecule is CCn1nnc(CN2CN(C3CCNCC3)Cc3sc(-c4cccc(F)c4F)cc32)n1. The summed E-state index contributed by atoms with van der Waals surface area (Å²) >= 11 is 1.54. The molecule has 164 valence electrons. The third kappa shape index (κ3) is 4.07. The topological polar surface area (TPSA) is 62.1 Å². The van der Waals surface area contributed by atoms with Crippen LogP contribution in [0.25, 0.3) is 10.4 Å². The van der Waals surface area contributed by atoms with Gasteiger partial charge in [-0.2, -0.15) is 4.80 Å². The van der Waals surface area contributed by atoms with Gasteiger partial charge in [-0.1, -0.05) is 12.1 Å². The molecule has 10 heteroatoms. The monoisotopic (exact) mass is 445 g/mol. The van der Waals surface area contributed by atoms with Gasteiger partial charge in [-0.15, -0.1) is 21.5 Å². The van der Waals surface area contributed by atoms with Gasteiger partial charge in [0.15, 0.2) is 17.5 Å². The van der Waals surface area contributed by atoms with Gasteiger partial charge in [0.1, 0.15) is 0 Å². The number of halogens is 2. The molecular formula is C21H25F2N7S. The van der Waals surface area contributed by atoms with Gasteiger partial charge in [0.2, 0.25) is 0 Å². The molecule has 2 aromatic heterocycles. The number of fused-ring (bicyclic) bond motifs is 1. The largest absolute Gasteiger partial charge is 0.350 e. The van der Waals surface area contributed by atoms with E-state index in [1.165, 1.54) is 11.3 Å². The third-order valence-electron chi connectivity index (χ3n) is 5.98. The van der Waals surface area contributed by atoms with E-state index in [2.05, 4.69) is 30.5 Å². The first kappa shape index (κ1) is 20.5. The van der Waals surface area contributed by atoms with Crippen molar-refractivity contribution in [3.63, 3.8) is 0 Å². The summed E-state index contributed by atoms with van der Waals surface area (Å²) in [5.74, 6) is -0.961. The zero-order chi connectivity index (χ0) is 21.4. The highest BCUT2D eigenvalue weighted by atomic mass is 32.1. The number of aromatic nitrogens is 4. The second kappa shape index (κ2) is 8.60. The molecule has 0 atom stereocenters. The summed E-state index contributed by atoms with van der Waals surface area (Å²) in [6, 6.07) is 6.81. The second-order valence-corrected chi connectivity index (χ2v) is 9.12. The van der Waals surface area contributed by atoms with Crippen molar-refractivity contribution in [3.8, 4) is 10.4 Å². The average molecular weight is 446 g/mol. The van der Waals surface area contributed by atoms with E-state index < -0.39 is 11.6 Å². The van der Waals surface area contributed by atoms with E-state index in [0.717, 1.165) is 60.7 Å². The van der Waals surface area contributed by atoms with E-state index in [4.69, 9.17) is 0 Å². The molecule has 1 N–H and O–H groups in total. The highest BCUT2D eigenvalue weighted by molar-refractivity contribution is 7.16. The summed E-state index contributed by atoms with van der Waals surface area (Å²) < 4.78 is 28.3. The fraction of sp³-hybridized carbons (Fsp3) is 0.476. The number of nitrogens with zero attached hydrogens (tertiary/aromatic N) is 6. The fourth-order valence-corrected chi connectivity index (χ4v) is 5.58. The highest BCUT2D eigenvalue weighted by Gasteiger charge is 2.31. The Morgan fingerprint density at radius 3 is 2.84 bits per heavy atom. The van der Waals surface area contributed by atoms with Crippen molar-refractivity contribution < 1.29 is 8.78 Å². The molecule has 0 amide bonds. The lowest BCUT2D eigenvalue weighted by Crippen LogP contribution is -2.49. The number of piperidine rings is 1. The molecule has 0 spiro atoms. The molecule has 1 aromatic carbocycles. The van der Waals surface area contributed by atoms with Gasteiger partial charge in [-0.05, 0) is 50.2 Å². The van der Waals surface area contributed by atoms with Crippen molar-refractivity contribution in [1.82, 2.24) is 30.4 Å². The molecule has 1 saturated heterocycles. The lowest BCUT2D eigenvalue weighted by molar-refractivity contribution is 0.147. The first-order valence-corrected chi connectivity index (χ1v) is 11.5. The number of anilines is 1. The molecule has 3 aromatic rings. The van der Waals surface area contributed by atoms with Gasteiger partial charge >= 0.3 is 0 Å². The molecule has 31 heavy (non-hydrogen) atoms.